The van der Waals surface area contributed by atoms with Crippen molar-refractivity contribution in [3.63, 3.8) is 0 Å². The molecule has 0 unspecified atom stereocenters. The minimum atomic E-state index is 0.866. The molecule has 0 radical (unpaired) electrons. The van der Waals surface area contributed by atoms with Crippen molar-refractivity contribution in [2.45, 2.75) is 6.42 Å². The molecular formula is C15H21N3O. The van der Waals surface area contributed by atoms with E-state index in [0.717, 1.165) is 36.5 Å². The first-order valence-electron chi connectivity index (χ1n) is 6.54. The number of benzene rings is 1. The highest BCUT2D eigenvalue weighted by Crippen LogP contribution is 2.27. The molecule has 0 atom stereocenters. The molecule has 0 aliphatic carbocycles. The standard InChI is InChI=1S/C15H21N3O/c1-16-8-4-10-18(2)15-14-11-13(19-3)6-5-12(14)7-9-17-15/h5-7,9,11,16H,4,8,10H2,1-3H3. The number of fused-ring (bicyclic) bond motifs is 1. The van der Waals surface area contributed by atoms with E-state index in [0.29, 0.717) is 0 Å². The van der Waals surface area contributed by atoms with Crippen LogP contribution in [0.5, 0.6) is 5.75 Å². The monoisotopic (exact) mass is 259 g/mol. The largest absolute Gasteiger partial charge is 0.497 e. The quantitative estimate of drug-likeness (QED) is 0.808. The summed E-state index contributed by atoms with van der Waals surface area (Å²) in [5, 5.41) is 5.48. The fraction of sp³-hybridized carbons (Fsp3) is 0.400. The van der Waals surface area contributed by atoms with Gasteiger partial charge in [0.15, 0.2) is 0 Å². The highest BCUT2D eigenvalue weighted by molar-refractivity contribution is 5.93. The van der Waals surface area contributed by atoms with Gasteiger partial charge in [0.1, 0.15) is 11.6 Å². The number of nitrogens with zero attached hydrogens (tertiary/aromatic N) is 2. The van der Waals surface area contributed by atoms with E-state index < -0.39 is 0 Å². The molecule has 0 fully saturated rings. The first-order chi connectivity index (χ1) is 9.26. The molecule has 1 N–H and O–H groups in total. The number of pyridine rings is 1. The number of anilines is 1. The molecule has 0 amide bonds. The van der Waals surface area contributed by atoms with Crippen LogP contribution in [0.4, 0.5) is 5.82 Å². The molecule has 19 heavy (non-hydrogen) atoms. The Morgan fingerprint density at radius 3 is 2.89 bits per heavy atom. The predicted molar refractivity (Wildman–Crippen MR) is 80.1 cm³/mol. The summed E-state index contributed by atoms with van der Waals surface area (Å²) in [6.07, 6.45) is 2.95. The van der Waals surface area contributed by atoms with Gasteiger partial charge in [-0.1, -0.05) is 6.07 Å². The molecule has 4 heteroatoms. The van der Waals surface area contributed by atoms with Gasteiger partial charge in [-0.05, 0) is 43.6 Å². The van der Waals surface area contributed by atoms with Gasteiger partial charge in [0, 0.05) is 25.2 Å². The Balaban J connectivity index is 2.30. The van der Waals surface area contributed by atoms with Crippen LogP contribution in [0.1, 0.15) is 6.42 Å². The molecule has 0 bridgehead atoms. The average molecular weight is 259 g/mol. The predicted octanol–water partition coefficient (Wildman–Crippen LogP) is 2.29. The second-order valence-corrected chi connectivity index (χ2v) is 4.60. The van der Waals surface area contributed by atoms with E-state index in [1.807, 2.05) is 31.4 Å². The molecule has 102 valence electrons. The molecule has 1 aromatic carbocycles. The molecule has 0 saturated heterocycles. The molecule has 0 aliphatic rings. The number of aromatic nitrogens is 1. The van der Waals surface area contributed by atoms with Gasteiger partial charge >= 0.3 is 0 Å². The Hall–Kier alpha value is -1.81. The second-order valence-electron chi connectivity index (χ2n) is 4.60. The molecule has 2 rings (SSSR count). The Labute approximate surface area is 114 Å². The van der Waals surface area contributed by atoms with Gasteiger partial charge in [0.2, 0.25) is 0 Å². The van der Waals surface area contributed by atoms with Crippen LogP contribution in [-0.2, 0) is 0 Å². The van der Waals surface area contributed by atoms with Gasteiger partial charge in [0.05, 0.1) is 7.11 Å². The lowest BCUT2D eigenvalue weighted by atomic mass is 10.1. The van der Waals surface area contributed by atoms with Crippen LogP contribution in [0, 0.1) is 0 Å². The second kappa shape index (κ2) is 6.38. The molecule has 0 spiro atoms. The number of rotatable bonds is 6. The van der Waals surface area contributed by atoms with E-state index in [9.17, 15) is 0 Å². The van der Waals surface area contributed by atoms with Gasteiger partial charge in [0.25, 0.3) is 0 Å². The van der Waals surface area contributed by atoms with Gasteiger partial charge in [-0.2, -0.15) is 0 Å². The zero-order valence-electron chi connectivity index (χ0n) is 11.8. The fourth-order valence-corrected chi connectivity index (χ4v) is 2.16. The van der Waals surface area contributed by atoms with E-state index in [-0.39, 0.29) is 0 Å². The van der Waals surface area contributed by atoms with E-state index in [4.69, 9.17) is 4.74 Å². The summed E-state index contributed by atoms with van der Waals surface area (Å²) in [7, 11) is 5.74. The van der Waals surface area contributed by atoms with Gasteiger partial charge in [-0.25, -0.2) is 4.98 Å². The lowest BCUT2D eigenvalue weighted by Gasteiger charge is -2.20. The minimum absolute atomic E-state index is 0.866. The Morgan fingerprint density at radius 2 is 2.16 bits per heavy atom. The average Bonchev–Trinajstić information content (AvgIpc) is 2.46. The van der Waals surface area contributed by atoms with Crippen molar-refractivity contribution in [1.82, 2.24) is 10.3 Å². The lowest BCUT2D eigenvalue weighted by Crippen LogP contribution is -2.23. The number of ether oxygens (including phenoxy) is 1. The maximum Gasteiger partial charge on any atom is 0.136 e. The highest BCUT2D eigenvalue weighted by Gasteiger charge is 2.08. The van der Waals surface area contributed by atoms with E-state index in [2.05, 4.69) is 28.3 Å². The van der Waals surface area contributed by atoms with Gasteiger partial charge in [-0.15, -0.1) is 0 Å². The van der Waals surface area contributed by atoms with E-state index in [1.165, 1.54) is 5.39 Å². The zero-order valence-corrected chi connectivity index (χ0v) is 11.8. The zero-order chi connectivity index (χ0) is 13.7. The first kappa shape index (κ1) is 13.6. The molecule has 2 aromatic rings. The van der Waals surface area contributed by atoms with Crippen LogP contribution < -0.4 is 15.0 Å². The summed E-state index contributed by atoms with van der Waals surface area (Å²) in [5.41, 5.74) is 0. The number of nitrogens with one attached hydrogen (secondary N) is 1. The summed E-state index contributed by atoms with van der Waals surface area (Å²) >= 11 is 0. The summed E-state index contributed by atoms with van der Waals surface area (Å²) in [6.45, 7) is 1.99. The fourth-order valence-electron chi connectivity index (χ4n) is 2.16. The number of hydrogen-bond acceptors (Lipinski definition) is 4. The summed E-state index contributed by atoms with van der Waals surface area (Å²) in [6, 6.07) is 8.12. The summed E-state index contributed by atoms with van der Waals surface area (Å²) in [4.78, 5) is 6.70. The molecule has 0 saturated carbocycles. The Kier molecular flexibility index (Phi) is 4.58. The third-order valence-electron chi connectivity index (χ3n) is 3.23. The minimum Gasteiger partial charge on any atom is -0.497 e. The first-order valence-corrected chi connectivity index (χ1v) is 6.54. The Morgan fingerprint density at radius 1 is 1.32 bits per heavy atom. The normalized spacial score (nSPS) is 10.7. The van der Waals surface area contributed by atoms with Crippen LogP contribution >= 0.6 is 0 Å². The van der Waals surface area contributed by atoms with E-state index in [1.54, 1.807) is 7.11 Å². The van der Waals surface area contributed by atoms with Crippen molar-refractivity contribution >= 4 is 16.6 Å². The van der Waals surface area contributed by atoms with Crippen LogP contribution in [0.15, 0.2) is 30.5 Å². The van der Waals surface area contributed by atoms with Crippen LogP contribution in [0.25, 0.3) is 10.8 Å². The molecule has 1 heterocycles. The van der Waals surface area contributed by atoms with Crippen molar-refractivity contribution in [2.24, 2.45) is 0 Å². The van der Waals surface area contributed by atoms with Gasteiger partial charge in [-0.3, -0.25) is 0 Å². The maximum absolute atomic E-state index is 5.30. The lowest BCUT2D eigenvalue weighted by molar-refractivity contribution is 0.415. The van der Waals surface area contributed by atoms with E-state index >= 15 is 0 Å². The third-order valence-corrected chi connectivity index (χ3v) is 3.23. The van der Waals surface area contributed by atoms with Crippen molar-refractivity contribution in [3.8, 4) is 5.75 Å². The molecule has 0 aliphatic heterocycles. The molecular weight excluding hydrogens is 238 g/mol. The molecule has 4 nitrogen and oxygen atoms in total. The smallest absolute Gasteiger partial charge is 0.136 e. The topological polar surface area (TPSA) is 37.4 Å². The van der Waals surface area contributed by atoms with Crippen LogP contribution in [0.3, 0.4) is 0 Å². The third kappa shape index (κ3) is 3.15. The Bertz CT molecular complexity index is 542. The van der Waals surface area contributed by atoms with Crippen molar-refractivity contribution < 1.29 is 4.74 Å². The maximum atomic E-state index is 5.30. The summed E-state index contributed by atoms with van der Waals surface area (Å²) < 4.78 is 5.30. The molecule has 1 aromatic heterocycles. The van der Waals surface area contributed by atoms with Crippen molar-refractivity contribution in [1.29, 1.82) is 0 Å². The highest BCUT2D eigenvalue weighted by atomic mass is 16.5. The number of methoxy groups -OCH3 is 1. The summed E-state index contributed by atoms with van der Waals surface area (Å²) in [5.74, 6) is 1.87. The van der Waals surface area contributed by atoms with Gasteiger partial charge < -0.3 is 15.0 Å². The number of hydrogen-bond donors (Lipinski definition) is 1. The van der Waals surface area contributed by atoms with Crippen LogP contribution in [-0.4, -0.2) is 39.3 Å². The SMILES string of the molecule is CNCCCN(C)c1nccc2ccc(OC)cc12. The van der Waals surface area contributed by atoms with Crippen molar-refractivity contribution in [2.75, 3.05) is 39.2 Å². The van der Waals surface area contributed by atoms with Crippen molar-refractivity contribution in [3.05, 3.63) is 30.5 Å². The van der Waals surface area contributed by atoms with Crippen LogP contribution in [0.2, 0.25) is 0 Å².